The Hall–Kier alpha value is -3.57. The van der Waals surface area contributed by atoms with Gasteiger partial charge in [-0.15, -0.1) is 11.3 Å². The van der Waals surface area contributed by atoms with Gasteiger partial charge in [-0.1, -0.05) is 35.9 Å². The Morgan fingerprint density at radius 3 is 2.78 bits per heavy atom. The lowest BCUT2D eigenvalue weighted by Gasteiger charge is -2.03. The second-order valence-corrected chi connectivity index (χ2v) is 6.67. The first-order valence-electron chi connectivity index (χ1n) is 8.00. The number of anilines is 1. The van der Waals surface area contributed by atoms with Gasteiger partial charge in [0.25, 0.3) is 5.69 Å². The van der Waals surface area contributed by atoms with Gasteiger partial charge in [0.1, 0.15) is 11.8 Å². The average molecular weight is 377 g/mol. The first-order valence-corrected chi connectivity index (χ1v) is 8.88. The lowest BCUT2D eigenvalue weighted by atomic mass is 10.0. The first kappa shape index (κ1) is 18.2. The number of nitrogens with zero attached hydrogens (tertiary/aromatic N) is 4. The van der Waals surface area contributed by atoms with Crippen LogP contribution < -0.4 is 5.43 Å². The Balaban J connectivity index is 1.89. The fraction of sp³-hybridized carbons (Fsp3) is 0.105. The number of hydrogen-bond acceptors (Lipinski definition) is 7. The number of aromatic nitrogens is 1. The number of nitriles is 1. The molecule has 1 heterocycles. The van der Waals surface area contributed by atoms with Crippen LogP contribution in [-0.4, -0.2) is 15.6 Å². The predicted molar refractivity (Wildman–Crippen MR) is 106 cm³/mol. The number of nitrogens with one attached hydrogen (secondary N) is 1. The number of hydrazone groups is 1. The lowest BCUT2D eigenvalue weighted by molar-refractivity contribution is -0.384. The standard InChI is InChI=1S/C19H15N5O2S/c1-12-7-8-14(13(2)9-12)17-11-27-19(21-17)16(10-20)23-22-15-5-3-4-6-18(15)24(25)26/h3-9,11,22H,1-2H3/b23-16-. The van der Waals surface area contributed by atoms with Gasteiger partial charge in [-0.05, 0) is 25.5 Å². The first-order chi connectivity index (χ1) is 13.0. The summed E-state index contributed by atoms with van der Waals surface area (Å²) in [6, 6.07) is 14.2. The SMILES string of the molecule is Cc1ccc(-c2csc(/C(C#N)=N\Nc3ccccc3[N+](=O)[O-])n2)c(C)c1. The van der Waals surface area contributed by atoms with Crippen LogP contribution in [0.3, 0.4) is 0 Å². The zero-order valence-electron chi connectivity index (χ0n) is 14.6. The van der Waals surface area contributed by atoms with Crippen LogP contribution in [0.15, 0.2) is 52.9 Å². The van der Waals surface area contributed by atoms with E-state index >= 15 is 0 Å². The number of hydrogen-bond donors (Lipinski definition) is 1. The van der Waals surface area contributed by atoms with E-state index in [9.17, 15) is 15.4 Å². The van der Waals surface area contributed by atoms with Gasteiger partial charge in [-0.2, -0.15) is 10.4 Å². The number of rotatable bonds is 5. The van der Waals surface area contributed by atoms with Crippen molar-refractivity contribution in [1.82, 2.24) is 4.98 Å². The molecule has 0 saturated heterocycles. The third-order valence-corrected chi connectivity index (χ3v) is 4.71. The third kappa shape index (κ3) is 3.99. The van der Waals surface area contributed by atoms with E-state index in [2.05, 4.69) is 21.6 Å². The van der Waals surface area contributed by atoms with Crippen molar-refractivity contribution in [1.29, 1.82) is 5.26 Å². The summed E-state index contributed by atoms with van der Waals surface area (Å²) in [5.41, 5.74) is 6.78. The van der Waals surface area contributed by atoms with Gasteiger partial charge in [-0.3, -0.25) is 15.5 Å². The molecule has 3 aromatic rings. The van der Waals surface area contributed by atoms with Gasteiger partial charge in [0, 0.05) is 17.0 Å². The maximum Gasteiger partial charge on any atom is 0.294 e. The fourth-order valence-corrected chi connectivity index (χ4v) is 3.33. The second-order valence-electron chi connectivity index (χ2n) is 5.81. The number of benzene rings is 2. The molecule has 7 nitrogen and oxygen atoms in total. The van der Waals surface area contributed by atoms with Crippen molar-refractivity contribution >= 4 is 28.4 Å². The molecule has 0 radical (unpaired) electrons. The summed E-state index contributed by atoms with van der Waals surface area (Å²) in [5.74, 6) is 0. The van der Waals surface area contributed by atoms with E-state index in [0.717, 1.165) is 16.8 Å². The third-order valence-electron chi connectivity index (χ3n) is 3.86. The van der Waals surface area contributed by atoms with Gasteiger partial charge in [0.15, 0.2) is 10.7 Å². The van der Waals surface area contributed by atoms with Crippen LogP contribution in [0.4, 0.5) is 11.4 Å². The van der Waals surface area contributed by atoms with Crippen molar-refractivity contribution in [3.05, 3.63) is 74.1 Å². The van der Waals surface area contributed by atoms with Crippen molar-refractivity contribution in [2.75, 3.05) is 5.43 Å². The maximum absolute atomic E-state index is 11.1. The van der Waals surface area contributed by atoms with Gasteiger partial charge in [0.2, 0.25) is 0 Å². The van der Waals surface area contributed by atoms with Crippen molar-refractivity contribution < 1.29 is 4.92 Å². The zero-order valence-corrected chi connectivity index (χ0v) is 15.4. The molecule has 0 amide bonds. The highest BCUT2D eigenvalue weighted by atomic mass is 32.1. The molecule has 0 atom stereocenters. The minimum atomic E-state index is -0.508. The largest absolute Gasteiger partial charge is 0.294 e. The van der Waals surface area contributed by atoms with E-state index < -0.39 is 4.92 Å². The monoisotopic (exact) mass is 377 g/mol. The van der Waals surface area contributed by atoms with Crippen LogP contribution in [0, 0.1) is 35.3 Å². The Labute approximate surface area is 159 Å². The van der Waals surface area contributed by atoms with Crippen molar-refractivity contribution in [2.24, 2.45) is 5.10 Å². The zero-order chi connectivity index (χ0) is 19.4. The molecule has 0 aliphatic rings. The molecule has 0 aliphatic carbocycles. The normalized spacial score (nSPS) is 11.1. The molecule has 0 spiro atoms. The highest BCUT2D eigenvalue weighted by Gasteiger charge is 2.14. The molecule has 8 heteroatoms. The summed E-state index contributed by atoms with van der Waals surface area (Å²) in [6.45, 7) is 4.04. The molecule has 0 fully saturated rings. The van der Waals surface area contributed by atoms with E-state index in [1.54, 1.807) is 12.1 Å². The van der Waals surface area contributed by atoms with Crippen LogP contribution >= 0.6 is 11.3 Å². The molecule has 0 aliphatic heterocycles. The molecule has 1 N–H and O–H groups in total. The Morgan fingerprint density at radius 2 is 2.07 bits per heavy atom. The van der Waals surface area contributed by atoms with Crippen LogP contribution in [0.2, 0.25) is 0 Å². The highest BCUT2D eigenvalue weighted by Crippen LogP contribution is 2.27. The Morgan fingerprint density at radius 1 is 1.30 bits per heavy atom. The summed E-state index contributed by atoms with van der Waals surface area (Å²) in [4.78, 5) is 15.1. The van der Waals surface area contributed by atoms with E-state index in [-0.39, 0.29) is 17.1 Å². The molecule has 2 aromatic carbocycles. The topological polar surface area (TPSA) is 104 Å². The molecular weight excluding hydrogens is 362 g/mol. The molecule has 0 bridgehead atoms. The van der Waals surface area contributed by atoms with E-state index in [4.69, 9.17) is 0 Å². The summed E-state index contributed by atoms with van der Waals surface area (Å²) in [6.07, 6.45) is 0. The predicted octanol–water partition coefficient (Wildman–Crippen LogP) is 4.67. The summed E-state index contributed by atoms with van der Waals surface area (Å²) in [5, 5.41) is 26.8. The Kier molecular flexibility index (Phi) is 5.24. The second kappa shape index (κ2) is 7.76. The summed E-state index contributed by atoms with van der Waals surface area (Å²) < 4.78 is 0. The van der Waals surface area contributed by atoms with Crippen molar-refractivity contribution in [3.63, 3.8) is 0 Å². The average Bonchev–Trinajstić information content (AvgIpc) is 3.12. The molecule has 3 rings (SSSR count). The van der Waals surface area contributed by atoms with Crippen LogP contribution in [0.1, 0.15) is 16.1 Å². The minimum absolute atomic E-state index is 0.0640. The molecule has 27 heavy (non-hydrogen) atoms. The number of nitro groups is 1. The van der Waals surface area contributed by atoms with Gasteiger partial charge >= 0.3 is 0 Å². The molecule has 134 valence electrons. The van der Waals surface area contributed by atoms with Crippen LogP contribution in [0.25, 0.3) is 11.3 Å². The lowest BCUT2D eigenvalue weighted by Crippen LogP contribution is -2.03. The molecule has 1 aromatic heterocycles. The maximum atomic E-state index is 11.1. The number of nitro benzene ring substituents is 1. The van der Waals surface area contributed by atoms with Crippen molar-refractivity contribution in [2.45, 2.75) is 13.8 Å². The highest BCUT2D eigenvalue weighted by molar-refractivity contribution is 7.12. The number of thiazole rings is 1. The quantitative estimate of drug-likeness (QED) is 0.395. The van der Waals surface area contributed by atoms with Crippen molar-refractivity contribution in [3.8, 4) is 17.3 Å². The van der Waals surface area contributed by atoms with Gasteiger partial charge in [0.05, 0.1) is 10.6 Å². The van der Waals surface area contributed by atoms with E-state index in [1.165, 1.54) is 29.0 Å². The summed E-state index contributed by atoms with van der Waals surface area (Å²) in [7, 11) is 0. The molecular formula is C19H15N5O2S. The van der Waals surface area contributed by atoms with Crippen LogP contribution in [0.5, 0.6) is 0 Å². The number of aryl methyl sites for hydroxylation is 2. The van der Waals surface area contributed by atoms with Gasteiger partial charge in [-0.25, -0.2) is 4.98 Å². The van der Waals surface area contributed by atoms with E-state index in [0.29, 0.717) is 5.01 Å². The minimum Gasteiger partial charge on any atom is -0.270 e. The smallest absolute Gasteiger partial charge is 0.270 e. The molecule has 0 saturated carbocycles. The van der Waals surface area contributed by atoms with E-state index in [1.807, 2.05) is 37.4 Å². The fourth-order valence-electron chi connectivity index (χ4n) is 2.57. The Bertz CT molecular complexity index is 1080. The summed E-state index contributed by atoms with van der Waals surface area (Å²) >= 11 is 1.30. The van der Waals surface area contributed by atoms with Crippen LogP contribution in [-0.2, 0) is 0 Å². The number of para-hydroxylation sites is 2. The molecule has 0 unspecified atom stereocenters. The van der Waals surface area contributed by atoms with Gasteiger partial charge < -0.3 is 0 Å².